The predicted octanol–water partition coefficient (Wildman–Crippen LogP) is 3.19. The van der Waals surface area contributed by atoms with Crippen molar-refractivity contribution < 1.29 is 9.72 Å². The first-order valence-electron chi connectivity index (χ1n) is 7.12. The van der Waals surface area contributed by atoms with Crippen molar-refractivity contribution in [3.8, 4) is 0 Å². The minimum Gasteiger partial charge on any atom is -0.382 e. The molecule has 0 spiro atoms. The van der Waals surface area contributed by atoms with Gasteiger partial charge in [-0.1, -0.05) is 19.9 Å². The number of anilines is 1. The molecule has 0 aliphatic heterocycles. The van der Waals surface area contributed by atoms with E-state index < -0.39 is 4.92 Å². The number of hydrogen-bond acceptors (Lipinski definition) is 4. The molecule has 1 unspecified atom stereocenters. The van der Waals surface area contributed by atoms with Gasteiger partial charge in [-0.2, -0.15) is 0 Å². The van der Waals surface area contributed by atoms with Crippen LogP contribution in [0, 0.1) is 16.0 Å². The largest absolute Gasteiger partial charge is 0.382 e. The molecule has 0 heterocycles. The van der Waals surface area contributed by atoms with Gasteiger partial charge in [-0.05, 0) is 31.7 Å². The third kappa shape index (κ3) is 4.73. The molecule has 0 aliphatic rings. The lowest BCUT2D eigenvalue weighted by Gasteiger charge is -2.16. The summed E-state index contributed by atoms with van der Waals surface area (Å²) in [5.41, 5.74) is 0.444. The lowest BCUT2D eigenvalue weighted by atomic mass is 10.0. The second-order valence-electron chi connectivity index (χ2n) is 5.55. The van der Waals surface area contributed by atoms with E-state index in [1.807, 2.05) is 6.92 Å². The van der Waals surface area contributed by atoms with Crippen LogP contribution in [0.4, 0.5) is 11.4 Å². The van der Waals surface area contributed by atoms with E-state index >= 15 is 0 Å². The van der Waals surface area contributed by atoms with Crippen LogP contribution in [0.1, 0.15) is 44.0 Å². The number of rotatable bonds is 7. The molecule has 1 aromatic carbocycles. The maximum Gasteiger partial charge on any atom is 0.293 e. The van der Waals surface area contributed by atoms with Crippen LogP contribution in [0.2, 0.25) is 0 Å². The van der Waals surface area contributed by atoms with Crippen molar-refractivity contribution in [2.24, 2.45) is 5.92 Å². The highest BCUT2D eigenvalue weighted by Gasteiger charge is 2.21. The molecular weight excluding hydrogens is 270 g/mol. The van der Waals surface area contributed by atoms with E-state index in [1.165, 1.54) is 12.1 Å². The van der Waals surface area contributed by atoms with Gasteiger partial charge < -0.3 is 10.6 Å². The molecule has 6 nitrogen and oxygen atoms in total. The number of nitro benzene ring substituents is 1. The molecule has 6 heteroatoms. The quantitative estimate of drug-likeness (QED) is 0.597. The molecule has 1 atom stereocenters. The molecule has 1 rings (SSSR count). The van der Waals surface area contributed by atoms with Gasteiger partial charge >= 0.3 is 0 Å². The summed E-state index contributed by atoms with van der Waals surface area (Å²) in [7, 11) is 1.57. The summed E-state index contributed by atoms with van der Waals surface area (Å²) in [6.07, 6.45) is 1.91. The average Bonchev–Trinajstić information content (AvgIpc) is 2.43. The van der Waals surface area contributed by atoms with Crippen LogP contribution < -0.4 is 10.6 Å². The smallest absolute Gasteiger partial charge is 0.293 e. The molecule has 21 heavy (non-hydrogen) atoms. The lowest BCUT2D eigenvalue weighted by molar-refractivity contribution is -0.384. The Morgan fingerprint density at radius 2 is 1.95 bits per heavy atom. The van der Waals surface area contributed by atoms with Crippen LogP contribution in [0.15, 0.2) is 18.2 Å². The number of carbonyl (C=O) groups is 1. The number of para-hydroxylation sites is 1. The van der Waals surface area contributed by atoms with E-state index in [0.29, 0.717) is 11.5 Å². The molecule has 0 bridgehead atoms. The van der Waals surface area contributed by atoms with Crippen LogP contribution in [0.25, 0.3) is 0 Å². The highest BCUT2D eigenvalue weighted by atomic mass is 16.6. The van der Waals surface area contributed by atoms with Gasteiger partial charge in [0.2, 0.25) is 0 Å². The molecule has 116 valence electrons. The maximum absolute atomic E-state index is 12.3. The Labute approximate surface area is 125 Å². The first-order valence-corrected chi connectivity index (χ1v) is 7.12. The van der Waals surface area contributed by atoms with Crippen LogP contribution in [-0.4, -0.2) is 23.9 Å². The topological polar surface area (TPSA) is 84.3 Å². The zero-order valence-electron chi connectivity index (χ0n) is 13.0. The number of amides is 1. The van der Waals surface area contributed by atoms with Gasteiger partial charge in [0.1, 0.15) is 5.69 Å². The van der Waals surface area contributed by atoms with Gasteiger partial charge in [-0.3, -0.25) is 14.9 Å². The second kappa shape index (κ2) is 7.61. The Morgan fingerprint density at radius 3 is 2.48 bits per heavy atom. The van der Waals surface area contributed by atoms with Gasteiger partial charge in [0, 0.05) is 19.2 Å². The molecule has 0 radical (unpaired) electrons. The van der Waals surface area contributed by atoms with E-state index in [1.54, 1.807) is 13.1 Å². The molecule has 0 saturated heterocycles. The van der Waals surface area contributed by atoms with Gasteiger partial charge in [0.05, 0.1) is 10.5 Å². The first kappa shape index (κ1) is 16.9. The van der Waals surface area contributed by atoms with Crippen LogP contribution in [0.3, 0.4) is 0 Å². The molecule has 0 fully saturated rings. The van der Waals surface area contributed by atoms with E-state index in [2.05, 4.69) is 24.5 Å². The maximum atomic E-state index is 12.3. The van der Waals surface area contributed by atoms with Gasteiger partial charge in [-0.15, -0.1) is 0 Å². The number of nitrogens with one attached hydrogen (secondary N) is 2. The van der Waals surface area contributed by atoms with E-state index in [9.17, 15) is 14.9 Å². The van der Waals surface area contributed by atoms with E-state index in [-0.39, 0.29) is 23.3 Å². The Hall–Kier alpha value is -2.11. The highest BCUT2D eigenvalue weighted by molar-refractivity contribution is 6.01. The molecule has 0 saturated carbocycles. The molecule has 1 aromatic rings. The molecule has 0 aromatic heterocycles. The molecular formula is C15H23N3O3. The van der Waals surface area contributed by atoms with Crippen LogP contribution in [0.5, 0.6) is 0 Å². The highest BCUT2D eigenvalue weighted by Crippen LogP contribution is 2.27. The molecule has 1 amide bonds. The third-order valence-electron chi connectivity index (χ3n) is 3.29. The molecule has 0 aliphatic carbocycles. The van der Waals surface area contributed by atoms with Gasteiger partial charge in [0.25, 0.3) is 11.6 Å². The minimum atomic E-state index is -0.495. The fourth-order valence-corrected chi connectivity index (χ4v) is 2.10. The van der Waals surface area contributed by atoms with Gasteiger partial charge in [-0.25, -0.2) is 0 Å². The summed E-state index contributed by atoms with van der Waals surface area (Å²) in [6.45, 7) is 6.21. The van der Waals surface area contributed by atoms with Crippen molar-refractivity contribution in [1.29, 1.82) is 0 Å². The standard InChI is InChI=1S/C15H23N3O3/c1-10(2)8-9-11(3)17-15(19)12-6-5-7-13(18(20)21)14(12)16-4/h5-7,10-11,16H,8-9H2,1-4H3,(H,17,19). The predicted molar refractivity (Wildman–Crippen MR) is 83.6 cm³/mol. The van der Waals surface area contributed by atoms with E-state index in [0.717, 1.165) is 12.8 Å². The Balaban J connectivity index is 2.87. The van der Waals surface area contributed by atoms with Crippen molar-refractivity contribution in [1.82, 2.24) is 5.32 Å². The Kier molecular flexibility index (Phi) is 6.14. The summed E-state index contributed by atoms with van der Waals surface area (Å²) in [5, 5.41) is 16.6. The van der Waals surface area contributed by atoms with Gasteiger partial charge in [0.15, 0.2) is 0 Å². The average molecular weight is 293 g/mol. The fourth-order valence-electron chi connectivity index (χ4n) is 2.10. The van der Waals surface area contributed by atoms with Crippen molar-refractivity contribution in [3.63, 3.8) is 0 Å². The summed E-state index contributed by atoms with van der Waals surface area (Å²) < 4.78 is 0. The SMILES string of the molecule is CNc1c(C(=O)NC(C)CCC(C)C)cccc1[N+](=O)[O-]. The summed E-state index contributed by atoms with van der Waals surface area (Å²) in [6, 6.07) is 4.52. The van der Waals surface area contributed by atoms with Crippen LogP contribution >= 0.6 is 0 Å². The first-order chi connectivity index (χ1) is 9.86. The summed E-state index contributed by atoms with van der Waals surface area (Å²) >= 11 is 0. The number of nitro groups is 1. The zero-order chi connectivity index (χ0) is 16.0. The third-order valence-corrected chi connectivity index (χ3v) is 3.29. The minimum absolute atomic E-state index is 0.0314. The monoisotopic (exact) mass is 293 g/mol. The number of carbonyl (C=O) groups excluding carboxylic acids is 1. The van der Waals surface area contributed by atoms with Crippen LogP contribution in [-0.2, 0) is 0 Å². The Bertz CT molecular complexity index is 515. The fraction of sp³-hybridized carbons (Fsp3) is 0.533. The van der Waals surface area contributed by atoms with Crippen molar-refractivity contribution in [2.45, 2.75) is 39.7 Å². The summed E-state index contributed by atoms with van der Waals surface area (Å²) in [5.74, 6) is 0.286. The number of hydrogen-bond donors (Lipinski definition) is 2. The normalized spacial score (nSPS) is 12.0. The van der Waals surface area contributed by atoms with Crippen molar-refractivity contribution >= 4 is 17.3 Å². The summed E-state index contributed by atoms with van der Waals surface area (Å²) in [4.78, 5) is 22.8. The van der Waals surface area contributed by atoms with Crippen molar-refractivity contribution in [3.05, 3.63) is 33.9 Å². The van der Waals surface area contributed by atoms with Crippen molar-refractivity contribution in [2.75, 3.05) is 12.4 Å². The molecule has 2 N–H and O–H groups in total. The van der Waals surface area contributed by atoms with E-state index in [4.69, 9.17) is 0 Å². The second-order valence-corrected chi connectivity index (χ2v) is 5.55. The number of nitrogens with zero attached hydrogens (tertiary/aromatic N) is 1. The number of benzene rings is 1. The lowest BCUT2D eigenvalue weighted by Crippen LogP contribution is -2.33. The zero-order valence-corrected chi connectivity index (χ0v) is 13.0. The Morgan fingerprint density at radius 1 is 1.29 bits per heavy atom.